The Kier molecular flexibility index (Phi) is 6.08. The van der Waals surface area contributed by atoms with Crippen molar-refractivity contribution in [2.75, 3.05) is 11.9 Å². The molecular weight excluding hydrogens is 366 g/mol. The molecule has 6 nitrogen and oxygen atoms in total. The molecule has 2 aromatic carbocycles. The SMILES string of the molecule is CCc1ccc(CC)c(-c2nonc2NC(=O)COc2ccccc2Cl)c1. The summed E-state index contributed by atoms with van der Waals surface area (Å²) in [6.07, 6.45) is 1.73. The first-order valence-corrected chi connectivity index (χ1v) is 9.12. The highest BCUT2D eigenvalue weighted by Crippen LogP contribution is 2.29. The fraction of sp³-hybridized carbons (Fsp3) is 0.250. The number of carbonyl (C=O) groups excluding carboxylic acids is 1. The van der Waals surface area contributed by atoms with Gasteiger partial charge in [0.05, 0.1) is 5.02 Å². The summed E-state index contributed by atoms with van der Waals surface area (Å²) in [4.78, 5) is 12.3. The van der Waals surface area contributed by atoms with Crippen molar-refractivity contribution in [3.8, 4) is 17.0 Å². The first-order valence-electron chi connectivity index (χ1n) is 8.74. The Morgan fingerprint density at radius 2 is 1.96 bits per heavy atom. The van der Waals surface area contributed by atoms with Crippen LogP contribution in [0.5, 0.6) is 5.75 Å². The van der Waals surface area contributed by atoms with Crippen LogP contribution in [-0.2, 0) is 17.6 Å². The molecule has 1 aromatic heterocycles. The molecule has 27 heavy (non-hydrogen) atoms. The third kappa shape index (κ3) is 4.46. The number of hydrogen-bond donors (Lipinski definition) is 1. The van der Waals surface area contributed by atoms with Crippen LogP contribution in [0.3, 0.4) is 0 Å². The van der Waals surface area contributed by atoms with E-state index in [-0.39, 0.29) is 18.3 Å². The Hall–Kier alpha value is -2.86. The maximum Gasteiger partial charge on any atom is 0.263 e. The fourth-order valence-electron chi connectivity index (χ4n) is 2.69. The highest BCUT2D eigenvalue weighted by atomic mass is 35.5. The van der Waals surface area contributed by atoms with Gasteiger partial charge >= 0.3 is 0 Å². The second kappa shape index (κ2) is 8.68. The van der Waals surface area contributed by atoms with E-state index in [0.717, 1.165) is 24.0 Å². The average Bonchev–Trinajstić information content (AvgIpc) is 3.14. The lowest BCUT2D eigenvalue weighted by atomic mass is 9.98. The molecule has 0 aliphatic carbocycles. The van der Waals surface area contributed by atoms with Crippen LogP contribution < -0.4 is 10.1 Å². The Bertz CT molecular complexity index is 940. The van der Waals surface area contributed by atoms with E-state index in [1.807, 2.05) is 6.07 Å². The molecule has 0 saturated heterocycles. The van der Waals surface area contributed by atoms with Gasteiger partial charge in [-0.2, -0.15) is 0 Å². The maximum atomic E-state index is 12.3. The molecule has 0 spiro atoms. The van der Waals surface area contributed by atoms with Crippen molar-refractivity contribution in [1.29, 1.82) is 0 Å². The minimum absolute atomic E-state index is 0.203. The fourth-order valence-corrected chi connectivity index (χ4v) is 2.88. The van der Waals surface area contributed by atoms with Crippen molar-refractivity contribution in [2.24, 2.45) is 0 Å². The molecule has 1 N–H and O–H groups in total. The zero-order chi connectivity index (χ0) is 19.2. The molecular formula is C20H20ClN3O3. The van der Waals surface area contributed by atoms with Gasteiger partial charge < -0.3 is 10.1 Å². The molecule has 3 rings (SSSR count). The van der Waals surface area contributed by atoms with E-state index in [1.54, 1.807) is 24.3 Å². The number of aryl methyl sites for hydroxylation is 2. The normalized spacial score (nSPS) is 10.6. The summed E-state index contributed by atoms with van der Waals surface area (Å²) in [6.45, 7) is 3.94. The summed E-state index contributed by atoms with van der Waals surface area (Å²) in [6, 6.07) is 13.2. The van der Waals surface area contributed by atoms with Gasteiger partial charge in [-0.3, -0.25) is 4.79 Å². The van der Waals surface area contributed by atoms with Crippen LogP contribution >= 0.6 is 11.6 Å². The highest BCUT2D eigenvalue weighted by molar-refractivity contribution is 6.32. The maximum absolute atomic E-state index is 12.3. The molecule has 0 saturated carbocycles. The Labute approximate surface area is 162 Å². The number of nitrogens with zero attached hydrogens (tertiary/aromatic N) is 2. The predicted molar refractivity (Wildman–Crippen MR) is 104 cm³/mol. The topological polar surface area (TPSA) is 77.3 Å². The van der Waals surface area contributed by atoms with Gasteiger partial charge in [0.25, 0.3) is 5.91 Å². The molecule has 1 heterocycles. The number of hydrogen-bond acceptors (Lipinski definition) is 5. The number of ether oxygens (including phenoxy) is 1. The minimum atomic E-state index is -0.378. The quantitative estimate of drug-likeness (QED) is 0.646. The third-order valence-corrected chi connectivity index (χ3v) is 4.47. The van der Waals surface area contributed by atoms with E-state index >= 15 is 0 Å². The molecule has 0 fully saturated rings. The molecule has 0 unspecified atom stereocenters. The molecule has 0 bridgehead atoms. The summed E-state index contributed by atoms with van der Waals surface area (Å²) in [5, 5.41) is 11.0. The number of para-hydroxylation sites is 1. The number of benzene rings is 2. The zero-order valence-electron chi connectivity index (χ0n) is 15.2. The standard InChI is InChI=1S/C20H20ClN3O3/c1-3-13-9-10-14(4-2)15(11-13)19-20(24-27-23-19)22-18(25)12-26-17-8-6-5-7-16(17)21/h5-11H,3-4,12H2,1-2H3,(H,22,24,25). The lowest BCUT2D eigenvalue weighted by molar-refractivity contribution is -0.118. The molecule has 0 atom stereocenters. The van der Waals surface area contributed by atoms with Crippen molar-refractivity contribution < 1.29 is 14.2 Å². The van der Waals surface area contributed by atoms with Crippen molar-refractivity contribution in [2.45, 2.75) is 26.7 Å². The number of amides is 1. The zero-order valence-corrected chi connectivity index (χ0v) is 15.9. The Balaban J connectivity index is 1.76. The molecule has 1 amide bonds. The summed E-state index contributed by atoms with van der Waals surface area (Å²) >= 11 is 6.02. The summed E-state index contributed by atoms with van der Waals surface area (Å²) in [5.74, 6) is 0.332. The number of rotatable bonds is 7. The molecule has 140 valence electrons. The molecule has 0 radical (unpaired) electrons. The van der Waals surface area contributed by atoms with Crippen molar-refractivity contribution in [1.82, 2.24) is 10.3 Å². The van der Waals surface area contributed by atoms with E-state index in [2.05, 4.69) is 41.6 Å². The van der Waals surface area contributed by atoms with Crippen LogP contribution in [-0.4, -0.2) is 22.8 Å². The molecule has 0 aliphatic heterocycles. The minimum Gasteiger partial charge on any atom is -0.482 e. The molecule has 7 heteroatoms. The monoisotopic (exact) mass is 385 g/mol. The Morgan fingerprint density at radius 1 is 1.15 bits per heavy atom. The van der Waals surface area contributed by atoms with Crippen molar-refractivity contribution in [3.63, 3.8) is 0 Å². The van der Waals surface area contributed by atoms with Gasteiger partial charge in [-0.05, 0) is 52.5 Å². The molecule has 3 aromatic rings. The second-order valence-electron chi connectivity index (χ2n) is 5.93. The summed E-state index contributed by atoms with van der Waals surface area (Å²) < 4.78 is 10.3. The van der Waals surface area contributed by atoms with Gasteiger partial charge in [-0.15, -0.1) is 0 Å². The number of nitrogens with one attached hydrogen (secondary N) is 1. The second-order valence-corrected chi connectivity index (χ2v) is 6.33. The Morgan fingerprint density at radius 3 is 2.70 bits per heavy atom. The van der Waals surface area contributed by atoms with E-state index in [1.165, 1.54) is 5.56 Å². The molecule has 0 aliphatic rings. The van der Waals surface area contributed by atoms with Gasteiger partial charge in [0.15, 0.2) is 12.3 Å². The van der Waals surface area contributed by atoms with Gasteiger partial charge in [0.1, 0.15) is 5.75 Å². The van der Waals surface area contributed by atoms with Crippen LogP contribution in [0.4, 0.5) is 5.82 Å². The number of anilines is 1. The van der Waals surface area contributed by atoms with E-state index in [4.69, 9.17) is 21.0 Å². The first kappa shape index (κ1) is 18.9. The highest BCUT2D eigenvalue weighted by Gasteiger charge is 2.18. The van der Waals surface area contributed by atoms with Crippen LogP contribution in [0.2, 0.25) is 5.02 Å². The van der Waals surface area contributed by atoms with Crippen LogP contribution in [0.1, 0.15) is 25.0 Å². The third-order valence-electron chi connectivity index (χ3n) is 4.16. The summed E-state index contributed by atoms with van der Waals surface area (Å²) in [7, 11) is 0. The lowest BCUT2D eigenvalue weighted by Gasteiger charge is -2.10. The van der Waals surface area contributed by atoms with Crippen LogP contribution in [0.15, 0.2) is 47.1 Å². The van der Waals surface area contributed by atoms with Gasteiger partial charge in [-0.25, -0.2) is 4.63 Å². The number of halogens is 1. The average molecular weight is 386 g/mol. The van der Waals surface area contributed by atoms with Gasteiger partial charge in [-0.1, -0.05) is 49.7 Å². The largest absolute Gasteiger partial charge is 0.482 e. The van der Waals surface area contributed by atoms with Crippen molar-refractivity contribution in [3.05, 3.63) is 58.6 Å². The smallest absolute Gasteiger partial charge is 0.263 e. The van der Waals surface area contributed by atoms with Crippen molar-refractivity contribution >= 4 is 23.3 Å². The van der Waals surface area contributed by atoms with Gasteiger partial charge in [0, 0.05) is 5.56 Å². The lowest BCUT2D eigenvalue weighted by Crippen LogP contribution is -2.20. The summed E-state index contributed by atoms with van der Waals surface area (Å²) in [5.41, 5.74) is 3.68. The van der Waals surface area contributed by atoms with Gasteiger partial charge in [0.2, 0.25) is 5.82 Å². The van der Waals surface area contributed by atoms with E-state index < -0.39 is 0 Å². The predicted octanol–water partition coefficient (Wildman–Crippen LogP) is 4.53. The van der Waals surface area contributed by atoms with Crippen LogP contribution in [0, 0.1) is 0 Å². The number of aromatic nitrogens is 2. The van der Waals surface area contributed by atoms with E-state index in [0.29, 0.717) is 16.5 Å². The van der Waals surface area contributed by atoms with Crippen LogP contribution in [0.25, 0.3) is 11.3 Å². The number of carbonyl (C=O) groups is 1. The van der Waals surface area contributed by atoms with E-state index in [9.17, 15) is 4.79 Å². The first-order chi connectivity index (χ1) is 13.1.